The summed E-state index contributed by atoms with van der Waals surface area (Å²) in [5, 5.41) is 8.93. The van der Waals surface area contributed by atoms with Gasteiger partial charge in [0.1, 0.15) is 0 Å². The zero-order valence-corrected chi connectivity index (χ0v) is 19.7. The first kappa shape index (κ1) is 24.5. The van der Waals surface area contributed by atoms with Gasteiger partial charge >= 0.3 is 0 Å². The van der Waals surface area contributed by atoms with Gasteiger partial charge in [0.2, 0.25) is 11.8 Å². The van der Waals surface area contributed by atoms with E-state index in [0.29, 0.717) is 25.6 Å². The highest BCUT2D eigenvalue weighted by Gasteiger charge is 2.23. The van der Waals surface area contributed by atoms with Crippen LogP contribution >= 0.6 is 0 Å². The Morgan fingerprint density at radius 2 is 1.64 bits per heavy atom. The summed E-state index contributed by atoms with van der Waals surface area (Å²) < 4.78 is 0. The molecule has 0 aliphatic carbocycles. The summed E-state index contributed by atoms with van der Waals surface area (Å²) in [5.41, 5.74) is 3.41. The quantitative estimate of drug-likeness (QED) is 0.579. The molecule has 0 bridgehead atoms. The van der Waals surface area contributed by atoms with Crippen molar-refractivity contribution in [3.63, 3.8) is 0 Å². The van der Waals surface area contributed by atoms with Crippen LogP contribution in [0.15, 0.2) is 54.6 Å². The number of rotatable bonds is 9. The Bertz CT molecular complexity index is 942. The van der Waals surface area contributed by atoms with Crippen LogP contribution in [0, 0.1) is 11.3 Å². The van der Waals surface area contributed by atoms with Gasteiger partial charge in [0.05, 0.1) is 12.5 Å². The summed E-state index contributed by atoms with van der Waals surface area (Å²) in [6.07, 6.45) is 0.615. The van der Waals surface area contributed by atoms with Crippen molar-refractivity contribution in [2.75, 3.05) is 37.6 Å². The predicted octanol–water partition coefficient (Wildman–Crippen LogP) is 4.18. The van der Waals surface area contributed by atoms with Crippen molar-refractivity contribution in [3.05, 3.63) is 65.7 Å². The molecule has 0 unspecified atom stereocenters. The Kier molecular flexibility index (Phi) is 9.03. The maximum Gasteiger partial charge on any atom is 0.227 e. The maximum absolute atomic E-state index is 12.8. The molecule has 0 N–H and O–H groups in total. The highest BCUT2D eigenvalue weighted by atomic mass is 16.2. The maximum atomic E-state index is 12.8. The van der Waals surface area contributed by atoms with E-state index in [-0.39, 0.29) is 31.1 Å². The van der Waals surface area contributed by atoms with Gasteiger partial charge in [-0.15, -0.1) is 0 Å². The largest absolute Gasteiger partial charge is 0.340 e. The first-order valence-corrected chi connectivity index (χ1v) is 11.8. The van der Waals surface area contributed by atoms with Crippen molar-refractivity contribution >= 4 is 17.5 Å². The van der Waals surface area contributed by atoms with Gasteiger partial charge in [-0.1, -0.05) is 56.3 Å². The molecule has 1 aliphatic heterocycles. The fourth-order valence-electron chi connectivity index (χ4n) is 4.10. The lowest BCUT2D eigenvalue weighted by atomic mass is 10.0. The molecule has 6 heteroatoms. The summed E-state index contributed by atoms with van der Waals surface area (Å²) in [4.78, 5) is 31.4. The van der Waals surface area contributed by atoms with Gasteiger partial charge in [0.15, 0.2) is 0 Å². The number of piperazine rings is 1. The Morgan fingerprint density at radius 3 is 2.24 bits per heavy atom. The topological polar surface area (TPSA) is 67.7 Å². The van der Waals surface area contributed by atoms with Gasteiger partial charge < -0.3 is 9.80 Å². The van der Waals surface area contributed by atoms with E-state index in [4.69, 9.17) is 5.26 Å². The summed E-state index contributed by atoms with van der Waals surface area (Å²) in [5.74, 6) is 0.442. The molecule has 3 rings (SSSR count). The van der Waals surface area contributed by atoms with E-state index in [9.17, 15) is 9.59 Å². The van der Waals surface area contributed by atoms with Crippen molar-refractivity contribution in [2.45, 2.75) is 45.6 Å². The lowest BCUT2D eigenvalue weighted by molar-refractivity contribution is -0.134. The molecule has 1 saturated heterocycles. The minimum Gasteiger partial charge on any atom is -0.340 e. The van der Waals surface area contributed by atoms with Crippen molar-refractivity contribution < 1.29 is 9.59 Å². The van der Waals surface area contributed by atoms with Gasteiger partial charge in [0, 0.05) is 57.8 Å². The van der Waals surface area contributed by atoms with Crippen molar-refractivity contribution in [1.29, 1.82) is 5.26 Å². The molecule has 2 aromatic rings. The molecule has 1 fully saturated rings. The third kappa shape index (κ3) is 7.16. The molecular formula is C27H34N4O2. The first-order chi connectivity index (χ1) is 16.0. The molecule has 174 valence electrons. The van der Waals surface area contributed by atoms with E-state index in [1.807, 2.05) is 35.2 Å². The molecule has 0 radical (unpaired) electrons. The highest BCUT2D eigenvalue weighted by molar-refractivity contribution is 5.95. The van der Waals surface area contributed by atoms with Crippen LogP contribution in [-0.4, -0.2) is 54.3 Å². The second kappa shape index (κ2) is 12.2. The number of hydrogen-bond acceptors (Lipinski definition) is 4. The summed E-state index contributed by atoms with van der Waals surface area (Å²) in [6.45, 7) is 8.68. The normalized spacial score (nSPS) is 14.2. The van der Waals surface area contributed by atoms with Crippen LogP contribution in [0.4, 0.5) is 5.69 Å². The minimum absolute atomic E-state index is 0.0255. The predicted molar refractivity (Wildman–Crippen MR) is 131 cm³/mol. The van der Waals surface area contributed by atoms with E-state index in [1.54, 1.807) is 4.90 Å². The SMILES string of the molecule is CC(C)c1ccc(CN2CCN(C(=O)CCC(=O)N(CCC#N)c3ccccc3)CC2)cc1. The zero-order valence-electron chi connectivity index (χ0n) is 19.7. The second-order valence-corrected chi connectivity index (χ2v) is 8.84. The Morgan fingerprint density at radius 1 is 0.970 bits per heavy atom. The standard InChI is InChI=1S/C27H34N4O2/c1-22(2)24-11-9-23(10-12-24)21-29-17-19-30(20-18-29)26(32)13-14-27(33)31(16-6-15-28)25-7-4-3-5-8-25/h3-5,7-12,22H,6,13-14,16-21H2,1-2H3. The van der Waals surface area contributed by atoms with Crippen LogP contribution in [0.3, 0.4) is 0 Å². The molecule has 0 saturated carbocycles. The number of amides is 2. The molecule has 1 heterocycles. The number of nitrogens with zero attached hydrogens (tertiary/aromatic N) is 4. The minimum atomic E-state index is -0.117. The monoisotopic (exact) mass is 446 g/mol. The van der Waals surface area contributed by atoms with Crippen LogP contribution < -0.4 is 4.90 Å². The number of para-hydroxylation sites is 1. The first-order valence-electron chi connectivity index (χ1n) is 11.8. The van der Waals surface area contributed by atoms with Crippen LogP contribution in [0.5, 0.6) is 0 Å². The second-order valence-electron chi connectivity index (χ2n) is 8.84. The molecule has 1 aliphatic rings. The highest BCUT2D eigenvalue weighted by Crippen LogP contribution is 2.18. The van der Waals surface area contributed by atoms with E-state index in [1.165, 1.54) is 11.1 Å². The average molecular weight is 447 g/mol. The Hall–Kier alpha value is -3.17. The molecule has 2 aromatic carbocycles. The van der Waals surface area contributed by atoms with E-state index in [0.717, 1.165) is 25.3 Å². The zero-order chi connectivity index (χ0) is 23.6. The lowest BCUT2D eigenvalue weighted by Crippen LogP contribution is -2.48. The van der Waals surface area contributed by atoms with Gasteiger partial charge in [-0.05, 0) is 29.2 Å². The number of hydrogen-bond donors (Lipinski definition) is 0. The molecule has 0 spiro atoms. The van der Waals surface area contributed by atoms with E-state index < -0.39 is 0 Å². The number of carbonyl (C=O) groups excluding carboxylic acids is 2. The van der Waals surface area contributed by atoms with Crippen molar-refractivity contribution in [1.82, 2.24) is 9.80 Å². The number of carbonyl (C=O) groups is 2. The average Bonchev–Trinajstić information content (AvgIpc) is 2.84. The van der Waals surface area contributed by atoms with Crippen LogP contribution in [0.1, 0.15) is 50.2 Å². The van der Waals surface area contributed by atoms with Gasteiger partial charge in [-0.25, -0.2) is 0 Å². The number of anilines is 1. The van der Waals surface area contributed by atoms with Crippen molar-refractivity contribution in [3.8, 4) is 6.07 Å². The van der Waals surface area contributed by atoms with Crippen molar-refractivity contribution in [2.24, 2.45) is 0 Å². The van der Waals surface area contributed by atoms with Gasteiger partial charge in [-0.2, -0.15) is 5.26 Å². The lowest BCUT2D eigenvalue weighted by Gasteiger charge is -2.35. The smallest absolute Gasteiger partial charge is 0.227 e. The molecule has 33 heavy (non-hydrogen) atoms. The van der Waals surface area contributed by atoms with E-state index >= 15 is 0 Å². The number of benzene rings is 2. The third-order valence-electron chi connectivity index (χ3n) is 6.15. The number of nitriles is 1. The Labute approximate surface area is 197 Å². The fourth-order valence-corrected chi connectivity index (χ4v) is 4.10. The van der Waals surface area contributed by atoms with E-state index in [2.05, 4.69) is 49.1 Å². The van der Waals surface area contributed by atoms with Crippen LogP contribution in [-0.2, 0) is 16.1 Å². The summed E-state index contributed by atoms with van der Waals surface area (Å²) in [7, 11) is 0. The van der Waals surface area contributed by atoms with Crippen LogP contribution in [0.25, 0.3) is 0 Å². The Balaban J connectivity index is 1.45. The summed E-state index contributed by atoms with van der Waals surface area (Å²) in [6, 6.07) is 20.2. The van der Waals surface area contributed by atoms with Crippen LogP contribution in [0.2, 0.25) is 0 Å². The molecule has 6 nitrogen and oxygen atoms in total. The summed E-state index contributed by atoms with van der Waals surface area (Å²) >= 11 is 0. The van der Waals surface area contributed by atoms with Gasteiger partial charge in [-0.3, -0.25) is 14.5 Å². The molecule has 0 aromatic heterocycles. The molecule has 0 atom stereocenters. The third-order valence-corrected chi connectivity index (χ3v) is 6.15. The molecule has 2 amide bonds. The fraction of sp³-hybridized carbons (Fsp3) is 0.444. The molecular weight excluding hydrogens is 412 g/mol. The van der Waals surface area contributed by atoms with Gasteiger partial charge in [0.25, 0.3) is 0 Å².